The van der Waals surface area contributed by atoms with Crippen LogP contribution in [0.25, 0.3) is 0 Å². The Kier molecular flexibility index (Phi) is 5.72. The fourth-order valence-corrected chi connectivity index (χ4v) is 6.42. The van der Waals surface area contributed by atoms with Crippen LogP contribution < -0.4 is 11.0 Å². The third-order valence-corrected chi connectivity index (χ3v) is 8.28. The first kappa shape index (κ1) is 23.6. The number of nitrogens with zero attached hydrogens (tertiary/aromatic N) is 3. The minimum absolute atomic E-state index is 0.0130. The summed E-state index contributed by atoms with van der Waals surface area (Å²) in [6.45, 7) is 0.506. The average Bonchev–Trinajstić information content (AvgIpc) is 3.41. The fraction of sp³-hybridized carbons (Fsp3) is 0.684. The normalized spacial score (nSPS) is 41.5. The van der Waals surface area contributed by atoms with Gasteiger partial charge >= 0.3 is 11.7 Å². The predicted molar refractivity (Wildman–Crippen MR) is 110 cm³/mol. The maximum atomic E-state index is 13.0. The second-order valence-corrected chi connectivity index (χ2v) is 9.95. The number of hydrogen-bond donors (Lipinski definition) is 6. The van der Waals surface area contributed by atoms with Gasteiger partial charge in [-0.25, -0.2) is 9.59 Å². The van der Waals surface area contributed by atoms with Crippen molar-refractivity contribution in [1.82, 2.24) is 19.8 Å². The number of nitrogens with one attached hydrogen (secondary N) is 1. The monoisotopic (exact) mass is 500 g/mol. The van der Waals surface area contributed by atoms with Gasteiger partial charge in [-0.05, 0) is 6.92 Å². The number of thioether (sulfide) groups is 1. The van der Waals surface area contributed by atoms with Crippen LogP contribution in [-0.2, 0) is 19.7 Å². The quantitative estimate of drug-likeness (QED) is 0.239. The molecule has 1 aromatic rings. The van der Waals surface area contributed by atoms with Crippen molar-refractivity contribution < 1.29 is 44.6 Å². The highest BCUT2D eigenvalue weighted by Crippen LogP contribution is 2.52. The summed E-state index contributed by atoms with van der Waals surface area (Å²) >= 11 is 1.07. The van der Waals surface area contributed by atoms with Crippen LogP contribution in [0.5, 0.6) is 0 Å². The van der Waals surface area contributed by atoms with Gasteiger partial charge in [-0.1, -0.05) is 11.8 Å². The topological polar surface area (TPSA) is 204 Å². The third kappa shape index (κ3) is 3.23. The number of urea groups is 1. The van der Waals surface area contributed by atoms with Gasteiger partial charge in [0.1, 0.15) is 41.4 Å². The van der Waals surface area contributed by atoms with E-state index in [1.54, 1.807) is 0 Å². The first-order valence-electron chi connectivity index (χ1n) is 10.6. The lowest BCUT2D eigenvalue weighted by atomic mass is 9.83. The molecule has 15 heteroatoms. The van der Waals surface area contributed by atoms with Crippen molar-refractivity contribution in [3.8, 4) is 0 Å². The molecule has 5 heterocycles. The number of imide groups is 1. The summed E-state index contributed by atoms with van der Waals surface area (Å²) < 4.78 is 12.0. The third-order valence-electron chi connectivity index (χ3n) is 6.81. The van der Waals surface area contributed by atoms with Crippen LogP contribution in [0.1, 0.15) is 25.3 Å². The van der Waals surface area contributed by atoms with Crippen LogP contribution in [0, 0.1) is 0 Å². The Morgan fingerprint density at radius 2 is 1.85 bits per heavy atom. The molecule has 3 fully saturated rings. The summed E-state index contributed by atoms with van der Waals surface area (Å²) in [6.07, 6.45) is -6.86. The Morgan fingerprint density at radius 1 is 1.15 bits per heavy atom. The number of rotatable bonds is 4. The van der Waals surface area contributed by atoms with E-state index < -0.39 is 84.6 Å². The van der Waals surface area contributed by atoms with Crippen molar-refractivity contribution in [1.29, 1.82) is 0 Å². The zero-order valence-corrected chi connectivity index (χ0v) is 18.7. The molecule has 0 aromatic carbocycles. The van der Waals surface area contributed by atoms with Gasteiger partial charge in [0.15, 0.2) is 6.23 Å². The van der Waals surface area contributed by atoms with Crippen LogP contribution in [-0.4, -0.2) is 107 Å². The van der Waals surface area contributed by atoms with Gasteiger partial charge in [0.2, 0.25) is 5.91 Å². The second kappa shape index (κ2) is 8.23. The van der Waals surface area contributed by atoms with E-state index in [9.17, 15) is 39.9 Å². The lowest BCUT2D eigenvalue weighted by Crippen LogP contribution is -2.67. The number of amides is 3. The zero-order chi connectivity index (χ0) is 24.5. The van der Waals surface area contributed by atoms with Crippen LogP contribution in [0.15, 0.2) is 15.9 Å². The van der Waals surface area contributed by atoms with Crippen molar-refractivity contribution >= 4 is 23.7 Å². The molecule has 0 saturated carbocycles. The van der Waals surface area contributed by atoms with E-state index in [1.165, 1.54) is 18.0 Å². The highest BCUT2D eigenvalue weighted by Gasteiger charge is 2.61. The predicted octanol–water partition coefficient (Wildman–Crippen LogP) is -3.44. The summed E-state index contributed by atoms with van der Waals surface area (Å²) in [4.78, 5) is 44.3. The van der Waals surface area contributed by atoms with Crippen LogP contribution in [0.2, 0.25) is 0 Å². The molecule has 0 spiro atoms. The van der Waals surface area contributed by atoms with Gasteiger partial charge in [0.05, 0.1) is 25.0 Å². The number of fused-ring (bicyclic) bond motifs is 3. The van der Waals surface area contributed by atoms with Crippen molar-refractivity contribution in [3.05, 3.63) is 22.4 Å². The zero-order valence-electron chi connectivity index (χ0n) is 17.8. The average molecular weight is 500 g/mol. The number of aromatic nitrogens is 2. The number of carbonyl (C=O) groups excluding carboxylic acids is 2. The Labute approximate surface area is 196 Å². The van der Waals surface area contributed by atoms with Gasteiger partial charge in [0, 0.05) is 17.5 Å². The molecule has 1 aromatic heterocycles. The molecule has 0 radical (unpaired) electrons. The minimum Gasteiger partial charge on any atom is -0.394 e. The first-order valence-corrected chi connectivity index (χ1v) is 11.5. The molecule has 4 aliphatic heterocycles. The van der Waals surface area contributed by atoms with Crippen LogP contribution in [0.3, 0.4) is 0 Å². The Morgan fingerprint density at radius 3 is 2.47 bits per heavy atom. The molecule has 34 heavy (non-hydrogen) atoms. The molecule has 186 valence electrons. The molecule has 1 unspecified atom stereocenters. The number of ether oxygens (including phenoxy) is 2. The molecule has 4 aliphatic rings. The highest BCUT2D eigenvalue weighted by molar-refractivity contribution is 8.00. The molecule has 3 saturated heterocycles. The van der Waals surface area contributed by atoms with Gasteiger partial charge in [-0.2, -0.15) is 4.98 Å². The van der Waals surface area contributed by atoms with Crippen molar-refractivity contribution in [2.45, 2.75) is 72.0 Å². The minimum atomic E-state index is -1.51. The summed E-state index contributed by atoms with van der Waals surface area (Å²) in [7, 11) is 0. The molecular weight excluding hydrogens is 476 g/mol. The SMILES string of the molecule is C[C@]12C(=O)NC(=O)N([C@H]3C[C@H](O)[C@@H](CO)O3)C1Sc1cn([C@@H]3O[C@H](CO)[C@@H](O)[C@H]3O)c(=O)nc12. The van der Waals surface area contributed by atoms with Gasteiger partial charge in [0.25, 0.3) is 0 Å². The van der Waals surface area contributed by atoms with E-state index in [1.807, 2.05) is 0 Å². The summed E-state index contributed by atoms with van der Waals surface area (Å²) in [5.41, 5.74) is -2.19. The standard InChI is InChI=1S/C19H24N4O10S/c1-19-13-9(3-22(17(30)20-13)14-12(28)11(27)8(5-25)33-14)34-16(19)23(18(31)21-15(19)29)10-2-6(26)7(4-24)32-10/h3,6-8,10-12,14,16,24-28H,2,4-5H2,1H3,(H,21,29,31)/t6-,7+,8+,10+,11+,12+,14+,16?,19-/m0/s1. The van der Waals surface area contributed by atoms with E-state index in [0.29, 0.717) is 4.90 Å². The summed E-state index contributed by atoms with van der Waals surface area (Å²) in [5, 5.41) is 50.6. The van der Waals surface area contributed by atoms with E-state index in [2.05, 4.69) is 10.3 Å². The van der Waals surface area contributed by atoms with Gasteiger partial charge in [-0.3, -0.25) is 19.6 Å². The Bertz CT molecular complexity index is 1090. The van der Waals surface area contributed by atoms with Gasteiger partial charge < -0.3 is 35.0 Å². The lowest BCUT2D eigenvalue weighted by molar-refractivity contribution is -0.132. The van der Waals surface area contributed by atoms with Crippen molar-refractivity contribution in [3.63, 3.8) is 0 Å². The molecule has 5 rings (SSSR count). The summed E-state index contributed by atoms with van der Waals surface area (Å²) in [5.74, 6) is -0.667. The number of carbonyl (C=O) groups is 2. The molecule has 0 aliphatic carbocycles. The lowest BCUT2D eigenvalue weighted by Gasteiger charge is -2.44. The molecule has 0 bridgehead atoms. The fourth-order valence-electron chi connectivity index (χ4n) is 4.84. The smallest absolute Gasteiger partial charge is 0.350 e. The molecule has 3 amide bonds. The number of aliphatic hydroxyl groups is 5. The molecule has 14 nitrogen and oxygen atoms in total. The van der Waals surface area contributed by atoms with Crippen molar-refractivity contribution in [2.24, 2.45) is 0 Å². The molecular formula is C19H24N4O10S. The highest BCUT2D eigenvalue weighted by atomic mass is 32.2. The molecule has 6 N–H and O–H groups in total. The van der Waals surface area contributed by atoms with Crippen molar-refractivity contribution in [2.75, 3.05) is 13.2 Å². The maximum Gasteiger partial charge on any atom is 0.350 e. The largest absolute Gasteiger partial charge is 0.394 e. The van der Waals surface area contributed by atoms with E-state index in [-0.39, 0.29) is 12.1 Å². The Balaban J connectivity index is 1.52. The second-order valence-electron chi connectivity index (χ2n) is 8.83. The Hall–Kier alpha value is -2.11. The van der Waals surface area contributed by atoms with E-state index in [0.717, 1.165) is 16.3 Å². The van der Waals surface area contributed by atoms with Crippen LogP contribution in [0.4, 0.5) is 4.79 Å². The maximum absolute atomic E-state index is 13.0. The summed E-state index contributed by atoms with van der Waals surface area (Å²) in [6, 6.07) is -0.748. The number of aliphatic hydroxyl groups excluding tert-OH is 5. The molecule has 9 atom stereocenters. The first-order chi connectivity index (χ1) is 16.1. The van der Waals surface area contributed by atoms with E-state index in [4.69, 9.17) is 9.47 Å². The van der Waals surface area contributed by atoms with Crippen LogP contribution >= 0.6 is 11.8 Å². The number of hydrogen-bond acceptors (Lipinski definition) is 12. The van der Waals surface area contributed by atoms with E-state index >= 15 is 0 Å². The van der Waals surface area contributed by atoms with Gasteiger partial charge in [-0.15, -0.1) is 0 Å².